The quantitative estimate of drug-likeness (QED) is 0.478. The summed E-state index contributed by atoms with van der Waals surface area (Å²) in [5.74, 6) is 3.09. The summed E-state index contributed by atoms with van der Waals surface area (Å²) in [4.78, 5) is 0. The standard InChI is InChI=1S/C12H18/c1-8-2-5-11-9-3-4-10(7-9)12(11)6-8/h8-10H,2-7H2,1H3. The molecule has 3 aliphatic carbocycles. The van der Waals surface area contributed by atoms with Crippen LogP contribution in [0.3, 0.4) is 0 Å². The summed E-state index contributed by atoms with van der Waals surface area (Å²) in [5.41, 5.74) is 3.84. The first kappa shape index (κ1) is 7.17. The van der Waals surface area contributed by atoms with Crippen molar-refractivity contribution < 1.29 is 0 Å². The maximum atomic E-state index is 2.43. The zero-order valence-corrected chi connectivity index (χ0v) is 7.97. The average molecular weight is 162 g/mol. The van der Waals surface area contributed by atoms with Crippen LogP contribution in [-0.4, -0.2) is 0 Å². The molecule has 2 bridgehead atoms. The topological polar surface area (TPSA) is 0 Å². The number of hydrogen-bond donors (Lipinski definition) is 0. The lowest BCUT2D eigenvalue weighted by Gasteiger charge is -2.28. The van der Waals surface area contributed by atoms with Gasteiger partial charge >= 0.3 is 0 Å². The maximum Gasteiger partial charge on any atom is -0.0194 e. The van der Waals surface area contributed by atoms with Gasteiger partial charge in [-0.2, -0.15) is 0 Å². The molecule has 0 aromatic rings. The summed E-state index contributed by atoms with van der Waals surface area (Å²) >= 11 is 0. The Morgan fingerprint density at radius 1 is 1.00 bits per heavy atom. The predicted octanol–water partition coefficient (Wildman–Crippen LogP) is 3.53. The molecule has 66 valence electrons. The van der Waals surface area contributed by atoms with Crippen LogP contribution in [0, 0.1) is 17.8 Å². The highest BCUT2D eigenvalue weighted by Crippen LogP contribution is 2.54. The Bertz CT molecular complexity index is 236. The summed E-state index contributed by atoms with van der Waals surface area (Å²) in [5, 5.41) is 0. The molecule has 0 spiro atoms. The van der Waals surface area contributed by atoms with Crippen molar-refractivity contribution >= 4 is 0 Å². The van der Waals surface area contributed by atoms with E-state index in [0.29, 0.717) is 0 Å². The van der Waals surface area contributed by atoms with Gasteiger partial charge in [-0.3, -0.25) is 0 Å². The normalized spacial score (nSPS) is 45.2. The molecule has 0 aliphatic heterocycles. The van der Waals surface area contributed by atoms with Crippen molar-refractivity contribution in [3.05, 3.63) is 11.1 Å². The fraction of sp³-hybridized carbons (Fsp3) is 0.833. The minimum absolute atomic E-state index is 0.989. The van der Waals surface area contributed by atoms with Crippen LogP contribution in [-0.2, 0) is 0 Å². The monoisotopic (exact) mass is 162 g/mol. The van der Waals surface area contributed by atoms with E-state index in [1.54, 1.807) is 0 Å². The Labute approximate surface area is 75.0 Å². The highest BCUT2D eigenvalue weighted by Gasteiger charge is 2.40. The lowest BCUT2D eigenvalue weighted by atomic mass is 9.78. The molecule has 0 nitrogen and oxygen atoms in total. The largest absolute Gasteiger partial charge is 0.0676 e. The molecule has 0 amide bonds. The molecule has 0 radical (unpaired) electrons. The minimum Gasteiger partial charge on any atom is -0.0676 e. The zero-order chi connectivity index (χ0) is 8.13. The van der Waals surface area contributed by atoms with Crippen LogP contribution in [0.25, 0.3) is 0 Å². The molecule has 1 fully saturated rings. The highest BCUT2D eigenvalue weighted by atomic mass is 14.4. The van der Waals surface area contributed by atoms with Crippen molar-refractivity contribution in [1.82, 2.24) is 0 Å². The van der Waals surface area contributed by atoms with Crippen LogP contribution in [0.1, 0.15) is 45.4 Å². The molecule has 0 aromatic heterocycles. The third-order valence-corrected chi connectivity index (χ3v) is 4.31. The number of allylic oxidation sites excluding steroid dienone is 2. The van der Waals surface area contributed by atoms with Gasteiger partial charge in [0.05, 0.1) is 0 Å². The molecule has 12 heavy (non-hydrogen) atoms. The van der Waals surface area contributed by atoms with Gasteiger partial charge in [-0.25, -0.2) is 0 Å². The van der Waals surface area contributed by atoms with E-state index in [4.69, 9.17) is 0 Å². The molecule has 3 rings (SSSR count). The van der Waals surface area contributed by atoms with E-state index < -0.39 is 0 Å². The zero-order valence-electron chi connectivity index (χ0n) is 7.97. The molecule has 0 aromatic carbocycles. The summed E-state index contributed by atoms with van der Waals surface area (Å²) in [7, 11) is 0. The first-order chi connectivity index (χ1) is 5.84. The van der Waals surface area contributed by atoms with Crippen molar-refractivity contribution in [2.75, 3.05) is 0 Å². The van der Waals surface area contributed by atoms with Gasteiger partial charge in [0.2, 0.25) is 0 Å². The molecule has 0 heterocycles. The lowest BCUT2D eigenvalue weighted by Crippen LogP contribution is -2.12. The molecule has 0 heteroatoms. The second-order valence-electron chi connectivity index (χ2n) is 5.11. The van der Waals surface area contributed by atoms with Crippen molar-refractivity contribution in [3.8, 4) is 0 Å². The van der Waals surface area contributed by atoms with Crippen LogP contribution >= 0.6 is 0 Å². The van der Waals surface area contributed by atoms with Crippen LogP contribution in [0.5, 0.6) is 0 Å². The third kappa shape index (κ3) is 0.841. The van der Waals surface area contributed by atoms with E-state index in [1.165, 1.54) is 38.5 Å². The summed E-state index contributed by atoms with van der Waals surface area (Å²) in [6.07, 6.45) is 8.97. The van der Waals surface area contributed by atoms with Gasteiger partial charge in [0, 0.05) is 0 Å². The van der Waals surface area contributed by atoms with Crippen LogP contribution in [0.2, 0.25) is 0 Å². The fourth-order valence-electron chi connectivity index (χ4n) is 3.68. The Morgan fingerprint density at radius 2 is 1.75 bits per heavy atom. The number of fused-ring (bicyclic) bond motifs is 4. The molecule has 3 aliphatic rings. The van der Waals surface area contributed by atoms with Crippen molar-refractivity contribution in [1.29, 1.82) is 0 Å². The van der Waals surface area contributed by atoms with Crippen LogP contribution in [0.4, 0.5) is 0 Å². The molecule has 0 saturated heterocycles. The van der Waals surface area contributed by atoms with Gasteiger partial charge in [-0.05, 0) is 56.3 Å². The average Bonchev–Trinajstić information content (AvgIpc) is 2.63. The van der Waals surface area contributed by atoms with Gasteiger partial charge in [0.15, 0.2) is 0 Å². The SMILES string of the molecule is CC1CCC2=C(C1)C1CCC2C1. The van der Waals surface area contributed by atoms with Crippen molar-refractivity contribution in [2.45, 2.75) is 45.4 Å². The van der Waals surface area contributed by atoms with Crippen molar-refractivity contribution in [2.24, 2.45) is 17.8 Å². The molecule has 3 atom stereocenters. The van der Waals surface area contributed by atoms with Gasteiger partial charge < -0.3 is 0 Å². The van der Waals surface area contributed by atoms with Crippen LogP contribution < -0.4 is 0 Å². The first-order valence-corrected chi connectivity index (χ1v) is 5.56. The third-order valence-electron chi connectivity index (χ3n) is 4.31. The van der Waals surface area contributed by atoms with Crippen LogP contribution in [0.15, 0.2) is 11.1 Å². The van der Waals surface area contributed by atoms with Gasteiger partial charge in [-0.1, -0.05) is 18.1 Å². The van der Waals surface area contributed by atoms with E-state index in [9.17, 15) is 0 Å². The molecular weight excluding hydrogens is 144 g/mol. The molecular formula is C12H18. The van der Waals surface area contributed by atoms with E-state index in [-0.39, 0.29) is 0 Å². The summed E-state index contributed by atoms with van der Waals surface area (Å²) in [6.45, 7) is 2.43. The highest BCUT2D eigenvalue weighted by molar-refractivity contribution is 5.31. The van der Waals surface area contributed by atoms with Crippen molar-refractivity contribution in [3.63, 3.8) is 0 Å². The first-order valence-electron chi connectivity index (χ1n) is 5.56. The smallest absolute Gasteiger partial charge is 0.0194 e. The summed E-state index contributed by atoms with van der Waals surface area (Å²) < 4.78 is 0. The fourth-order valence-corrected chi connectivity index (χ4v) is 3.68. The van der Waals surface area contributed by atoms with E-state index in [2.05, 4.69) is 6.92 Å². The Morgan fingerprint density at radius 3 is 2.58 bits per heavy atom. The Kier molecular flexibility index (Phi) is 1.42. The maximum absolute atomic E-state index is 2.43. The molecule has 3 unspecified atom stereocenters. The Hall–Kier alpha value is -0.260. The minimum atomic E-state index is 0.989. The lowest BCUT2D eigenvalue weighted by molar-refractivity contribution is 0.446. The van der Waals surface area contributed by atoms with E-state index >= 15 is 0 Å². The van der Waals surface area contributed by atoms with E-state index in [0.717, 1.165) is 17.8 Å². The predicted molar refractivity (Wildman–Crippen MR) is 50.9 cm³/mol. The van der Waals surface area contributed by atoms with Gasteiger partial charge in [-0.15, -0.1) is 0 Å². The van der Waals surface area contributed by atoms with Gasteiger partial charge in [0.1, 0.15) is 0 Å². The second kappa shape index (κ2) is 2.37. The Balaban J connectivity index is 1.95. The molecule has 0 N–H and O–H groups in total. The summed E-state index contributed by atoms with van der Waals surface area (Å²) in [6, 6.07) is 0. The van der Waals surface area contributed by atoms with Gasteiger partial charge in [0.25, 0.3) is 0 Å². The number of hydrogen-bond acceptors (Lipinski definition) is 0. The second-order valence-corrected chi connectivity index (χ2v) is 5.11. The van der Waals surface area contributed by atoms with E-state index in [1.807, 2.05) is 11.1 Å². The molecule has 1 saturated carbocycles. The number of rotatable bonds is 0.